The molecule has 0 aliphatic heterocycles. The molecule has 1 saturated carbocycles. The van der Waals surface area contributed by atoms with Crippen molar-refractivity contribution in [1.29, 1.82) is 0 Å². The predicted molar refractivity (Wildman–Crippen MR) is 65.1 cm³/mol. The summed E-state index contributed by atoms with van der Waals surface area (Å²) < 4.78 is 5.10. The number of rotatable bonds is 8. The second kappa shape index (κ2) is 8.12. The maximum Gasteiger partial charge on any atom is 0.0499 e. The monoisotopic (exact) mass is 213 g/mol. The molecular formula is C13H27NO. The van der Waals surface area contributed by atoms with Crippen LogP contribution in [0.4, 0.5) is 0 Å². The number of ether oxygens (including phenoxy) is 1. The van der Waals surface area contributed by atoms with Gasteiger partial charge >= 0.3 is 0 Å². The molecule has 0 heterocycles. The summed E-state index contributed by atoms with van der Waals surface area (Å²) in [6.07, 6.45) is 8.71. The molecule has 15 heavy (non-hydrogen) atoms. The molecule has 0 aromatic carbocycles. The average Bonchev–Trinajstić information content (AvgIpc) is 2.70. The van der Waals surface area contributed by atoms with Crippen molar-refractivity contribution in [2.24, 2.45) is 11.8 Å². The zero-order valence-electron chi connectivity index (χ0n) is 10.4. The van der Waals surface area contributed by atoms with Gasteiger partial charge in [0.05, 0.1) is 0 Å². The summed E-state index contributed by atoms with van der Waals surface area (Å²) in [6, 6.07) is 0. The van der Waals surface area contributed by atoms with Gasteiger partial charge in [-0.1, -0.05) is 32.6 Å². The van der Waals surface area contributed by atoms with Crippen molar-refractivity contribution in [1.82, 2.24) is 5.32 Å². The van der Waals surface area contributed by atoms with E-state index in [0.717, 1.165) is 19.1 Å². The first-order valence-corrected chi connectivity index (χ1v) is 6.52. The Balaban J connectivity index is 1.84. The fraction of sp³-hybridized carbons (Fsp3) is 1.00. The van der Waals surface area contributed by atoms with Crippen LogP contribution >= 0.6 is 0 Å². The van der Waals surface area contributed by atoms with Crippen LogP contribution in [-0.4, -0.2) is 26.8 Å². The Morgan fingerprint density at radius 3 is 2.73 bits per heavy atom. The molecule has 0 bridgehead atoms. The third kappa shape index (κ3) is 6.16. The van der Waals surface area contributed by atoms with Crippen LogP contribution < -0.4 is 5.32 Å². The molecule has 2 nitrogen and oxygen atoms in total. The minimum Gasteiger partial charge on any atom is -0.384 e. The fourth-order valence-corrected chi connectivity index (χ4v) is 2.51. The highest BCUT2D eigenvalue weighted by Crippen LogP contribution is 2.28. The van der Waals surface area contributed by atoms with Crippen LogP contribution in [0.3, 0.4) is 0 Å². The normalized spacial score (nSPS) is 19.6. The van der Waals surface area contributed by atoms with E-state index in [0.29, 0.717) is 5.92 Å². The second-order valence-corrected chi connectivity index (χ2v) is 5.06. The van der Waals surface area contributed by atoms with Crippen molar-refractivity contribution >= 4 is 0 Å². The van der Waals surface area contributed by atoms with Gasteiger partial charge < -0.3 is 10.1 Å². The van der Waals surface area contributed by atoms with Crippen molar-refractivity contribution in [2.45, 2.75) is 45.4 Å². The van der Waals surface area contributed by atoms with Gasteiger partial charge in [0.1, 0.15) is 0 Å². The standard InChI is InChI=1S/C13H27NO/c1-12(11-15-2)10-14-9-5-8-13-6-3-4-7-13/h12-14H,3-11H2,1-2H3. The van der Waals surface area contributed by atoms with Crippen molar-refractivity contribution in [2.75, 3.05) is 26.8 Å². The fourth-order valence-electron chi connectivity index (χ4n) is 2.51. The molecule has 0 aromatic heterocycles. The molecule has 0 radical (unpaired) electrons. The molecular weight excluding hydrogens is 186 g/mol. The Hall–Kier alpha value is -0.0800. The van der Waals surface area contributed by atoms with Crippen molar-refractivity contribution < 1.29 is 4.74 Å². The number of hydrogen-bond acceptors (Lipinski definition) is 2. The van der Waals surface area contributed by atoms with Gasteiger partial charge in [-0.25, -0.2) is 0 Å². The lowest BCUT2D eigenvalue weighted by Gasteiger charge is -2.12. The first kappa shape index (κ1) is 13.0. The predicted octanol–water partition coefficient (Wildman–Crippen LogP) is 2.83. The van der Waals surface area contributed by atoms with Crippen molar-refractivity contribution in [3.63, 3.8) is 0 Å². The Labute approximate surface area is 94.8 Å². The highest BCUT2D eigenvalue weighted by atomic mass is 16.5. The van der Waals surface area contributed by atoms with E-state index >= 15 is 0 Å². The molecule has 0 spiro atoms. The third-order valence-electron chi connectivity index (χ3n) is 3.38. The van der Waals surface area contributed by atoms with E-state index in [1.807, 2.05) is 0 Å². The molecule has 90 valence electrons. The molecule has 1 aliphatic rings. The van der Waals surface area contributed by atoms with Crippen LogP contribution in [0, 0.1) is 11.8 Å². The maximum absolute atomic E-state index is 5.10. The number of nitrogens with one attached hydrogen (secondary N) is 1. The third-order valence-corrected chi connectivity index (χ3v) is 3.38. The lowest BCUT2D eigenvalue weighted by Crippen LogP contribution is -2.24. The van der Waals surface area contributed by atoms with E-state index in [2.05, 4.69) is 12.2 Å². The van der Waals surface area contributed by atoms with E-state index in [1.165, 1.54) is 45.1 Å². The van der Waals surface area contributed by atoms with Gasteiger partial charge in [-0.3, -0.25) is 0 Å². The van der Waals surface area contributed by atoms with Crippen molar-refractivity contribution in [3.05, 3.63) is 0 Å². The Morgan fingerprint density at radius 1 is 1.33 bits per heavy atom. The highest BCUT2D eigenvalue weighted by Gasteiger charge is 2.13. The quantitative estimate of drug-likeness (QED) is 0.626. The SMILES string of the molecule is COCC(C)CNCCCC1CCCC1. The summed E-state index contributed by atoms with van der Waals surface area (Å²) in [7, 11) is 1.77. The van der Waals surface area contributed by atoms with Crippen LogP contribution in [-0.2, 0) is 4.74 Å². The Morgan fingerprint density at radius 2 is 2.07 bits per heavy atom. The van der Waals surface area contributed by atoms with Gasteiger partial charge in [0.15, 0.2) is 0 Å². The minimum atomic E-state index is 0.640. The zero-order chi connectivity index (χ0) is 10.9. The number of hydrogen-bond donors (Lipinski definition) is 1. The van der Waals surface area contributed by atoms with Crippen LogP contribution in [0.2, 0.25) is 0 Å². The molecule has 1 unspecified atom stereocenters. The topological polar surface area (TPSA) is 21.3 Å². The van der Waals surface area contributed by atoms with Gasteiger partial charge in [-0.05, 0) is 37.8 Å². The van der Waals surface area contributed by atoms with Gasteiger partial charge in [0.2, 0.25) is 0 Å². The Kier molecular flexibility index (Phi) is 7.03. The zero-order valence-corrected chi connectivity index (χ0v) is 10.4. The second-order valence-electron chi connectivity index (χ2n) is 5.06. The minimum absolute atomic E-state index is 0.640. The van der Waals surface area contributed by atoms with Crippen LogP contribution in [0.5, 0.6) is 0 Å². The molecule has 1 rings (SSSR count). The molecule has 2 heteroatoms. The van der Waals surface area contributed by atoms with E-state index in [4.69, 9.17) is 4.74 Å². The maximum atomic E-state index is 5.10. The average molecular weight is 213 g/mol. The summed E-state index contributed by atoms with van der Waals surface area (Å²) in [5, 5.41) is 3.51. The first-order chi connectivity index (χ1) is 7.33. The van der Waals surface area contributed by atoms with Gasteiger partial charge in [-0.15, -0.1) is 0 Å². The molecule has 1 atom stereocenters. The largest absolute Gasteiger partial charge is 0.384 e. The smallest absolute Gasteiger partial charge is 0.0499 e. The van der Waals surface area contributed by atoms with Crippen molar-refractivity contribution in [3.8, 4) is 0 Å². The highest BCUT2D eigenvalue weighted by molar-refractivity contribution is 4.67. The van der Waals surface area contributed by atoms with Gasteiger partial charge in [0.25, 0.3) is 0 Å². The lowest BCUT2D eigenvalue weighted by atomic mass is 10.0. The van der Waals surface area contributed by atoms with Gasteiger partial charge in [-0.2, -0.15) is 0 Å². The van der Waals surface area contributed by atoms with E-state index < -0.39 is 0 Å². The lowest BCUT2D eigenvalue weighted by molar-refractivity contribution is 0.158. The summed E-state index contributed by atoms with van der Waals surface area (Å²) in [4.78, 5) is 0. The Bertz CT molecular complexity index is 143. The van der Waals surface area contributed by atoms with Crippen LogP contribution in [0.15, 0.2) is 0 Å². The molecule has 0 amide bonds. The van der Waals surface area contributed by atoms with E-state index in [9.17, 15) is 0 Å². The number of methoxy groups -OCH3 is 1. The van der Waals surface area contributed by atoms with Gasteiger partial charge in [0, 0.05) is 13.7 Å². The summed E-state index contributed by atoms with van der Waals surface area (Å²) in [5.74, 6) is 1.68. The summed E-state index contributed by atoms with van der Waals surface area (Å²) in [6.45, 7) is 5.38. The first-order valence-electron chi connectivity index (χ1n) is 6.52. The molecule has 1 aliphatic carbocycles. The van der Waals surface area contributed by atoms with Crippen LogP contribution in [0.25, 0.3) is 0 Å². The molecule has 1 fully saturated rings. The van der Waals surface area contributed by atoms with E-state index in [1.54, 1.807) is 7.11 Å². The summed E-state index contributed by atoms with van der Waals surface area (Å²) >= 11 is 0. The summed E-state index contributed by atoms with van der Waals surface area (Å²) in [5.41, 5.74) is 0. The van der Waals surface area contributed by atoms with Crippen LogP contribution in [0.1, 0.15) is 45.4 Å². The molecule has 0 aromatic rings. The molecule has 0 saturated heterocycles. The molecule has 1 N–H and O–H groups in total. The van der Waals surface area contributed by atoms with E-state index in [-0.39, 0.29) is 0 Å².